The fraction of sp³-hybridized carbons (Fsp3) is 0.471. The smallest absolute Gasteiger partial charge is 0.339 e. The van der Waals surface area contributed by atoms with Crippen LogP contribution in [0.5, 0.6) is 0 Å². The summed E-state index contributed by atoms with van der Waals surface area (Å²) in [5, 5.41) is 0. The third kappa shape index (κ3) is 3.51. The number of hydrogen-bond donors (Lipinski definition) is 0. The van der Waals surface area contributed by atoms with Crippen LogP contribution in [0.2, 0.25) is 0 Å². The second-order valence-electron chi connectivity index (χ2n) is 5.84. The summed E-state index contributed by atoms with van der Waals surface area (Å²) >= 11 is 0. The van der Waals surface area contributed by atoms with E-state index in [9.17, 15) is 18.0 Å². The SMILES string of the molecule is C=C(C)CN(CC)C(=O)C1CC1c1ccccc1C(F)(F)F. The number of halogens is 3. The molecule has 1 fully saturated rings. The zero-order valence-electron chi connectivity index (χ0n) is 12.8. The summed E-state index contributed by atoms with van der Waals surface area (Å²) in [6, 6.07) is 5.54. The van der Waals surface area contributed by atoms with E-state index in [4.69, 9.17) is 0 Å². The molecule has 0 aliphatic heterocycles. The molecule has 0 aromatic heterocycles. The Labute approximate surface area is 128 Å². The van der Waals surface area contributed by atoms with Gasteiger partial charge in [0.15, 0.2) is 0 Å². The number of carbonyl (C=O) groups is 1. The molecule has 0 radical (unpaired) electrons. The number of amides is 1. The average Bonchev–Trinajstić information content (AvgIpc) is 3.23. The molecule has 120 valence electrons. The van der Waals surface area contributed by atoms with Crippen molar-refractivity contribution in [1.82, 2.24) is 4.90 Å². The first-order chi connectivity index (χ1) is 10.3. The van der Waals surface area contributed by atoms with Gasteiger partial charge in [0, 0.05) is 19.0 Å². The van der Waals surface area contributed by atoms with Crippen molar-refractivity contribution in [2.24, 2.45) is 5.92 Å². The molecule has 1 aromatic rings. The van der Waals surface area contributed by atoms with Crippen LogP contribution in [0, 0.1) is 5.92 Å². The zero-order valence-corrected chi connectivity index (χ0v) is 12.8. The molecular formula is C17H20F3NO. The molecule has 1 aliphatic rings. The van der Waals surface area contributed by atoms with E-state index < -0.39 is 11.7 Å². The van der Waals surface area contributed by atoms with Crippen LogP contribution >= 0.6 is 0 Å². The predicted molar refractivity (Wildman–Crippen MR) is 79.4 cm³/mol. The minimum atomic E-state index is -4.38. The highest BCUT2D eigenvalue weighted by Crippen LogP contribution is 2.51. The van der Waals surface area contributed by atoms with Crippen molar-refractivity contribution in [2.45, 2.75) is 32.4 Å². The van der Waals surface area contributed by atoms with Crippen molar-refractivity contribution >= 4 is 5.91 Å². The highest BCUT2D eigenvalue weighted by Gasteiger charge is 2.48. The van der Waals surface area contributed by atoms with Crippen LogP contribution < -0.4 is 0 Å². The van der Waals surface area contributed by atoms with Crippen LogP contribution in [0.1, 0.15) is 37.3 Å². The number of benzene rings is 1. The first-order valence-electron chi connectivity index (χ1n) is 7.35. The number of carbonyl (C=O) groups excluding carboxylic acids is 1. The molecule has 0 spiro atoms. The Kier molecular flexibility index (Phi) is 4.63. The maximum atomic E-state index is 13.1. The van der Waals surface area contributed by atoms with Gasteiger partial charge < -0.3 is 4.90 Å². The minimum Gasteiger partial charge on any atom is -0.339 e. The van der Waals surface area contributed by atoms with Crippen molar-refractivity contribution in [1.29, 1.82) is 0 Å². The lowest BCUT2D eigenvalue weighted by Crippen LogP contribution is -2.33. The number of nitrogens with zero attached hydrogens (tertiary/aromatic N) is 1. The average molecular weight is 311 g/mol. The standard InChI is InChI=1S/C17H20F3NO/c1-4-21(10-11(2)3)16(22)14-9-13(14)12-7-5-6-8-15(12)17(18,19)20/h5-8,13-14H,2,4,9-10H2,1,3H3. The van der Waals surface area contributed by atoms with E-state index in [1.54, 1.807) is 11.0 Å². The van der Waals surface area contributed by atoms with Gasteiger partial charge in [0.2, 0.25) is 5.91 Å². The Hall–Kier alpha value is -1.78. The Bertz CT molecular complexity index is 580. The Morgan fingerprint density at radius 1 is 1.36 bits per heavy atom. The van der Waals surface area contributed by atoms with Crippen molar-refractivity contribution in [3.8, 4) is 0 Å². The van der Waals surface area contributed by atoms with Crippen LogP contribution in [0.3, 0.4) is 0 Å². The Morgan fingerprint density at radius 3 is 2.55 bits per heavy atom. The third-order valence-electron chi connectivity index (χ3n) is 3.93. The number of hydrogen-bond acceptors (Lipinski definition) is 1. The van der Waals surface area contributed by atoms with Gasteiger partial charge in [-0.1, -0.05) is 30.4 Å². The summed E-state index contributed by atoms with van der Waals surface area (Å²) < 4.78 is 39.2. The molecule has 22 heavy (non-hydrogen) atoms. The van der Waals surface area contributed by atoms with E-state index in [2.05, 4.69) is 6.58 Å². The van der Waals surface area contributed by atoms with Gasteiger partial charge in [0.25, 0.3) is 0 Å². The Morgan fingerprint density at radius 2 is 2.00 bits per heavy atom. The summed E-state index contributed by atoms with van der Waals surface area (Å²) in [4.78, 5) is 14.1. The summed E-state index contributed by atoms with van der Waals surface area (Å²) in [6.45, 7) is 8.48. The first-order valence-corrected chi connectivity index (χ1v) is 7.35. The molecule has 2 unspecified atom stereocenters. The quantitative estimate of drug-likeness (QED) is 0.745. The summed E-state index contributed by atoms with van der Waals surface area (Å²) in [7, 11) is 0. The molecular weight excluding hydrogens is 291 g/mol. The maximum absolute atomic E-state index is 13.1. The zero-order chi connectivity index (χ0) is 16.5. The van der Waals surface area contributed by atoms with Crippen LogP contribution in [0.4, 0.5) is 13.2 Å². The van der Waals surface area contributed by atoms with E-state index in [1.165, 1.54) is 12.1 Å². The van der Waals surface area contributed by atoms with Crippen LogP contribution in [-0.4, -0.2) is 23.9 Å². The van der Waals surface area contributed by atoms with Crippen LogP contribution in [0.15, 0.2) is 36.4 Å². The lowest BCUT2D eigenvalue weighted by Gasteiger charge is -2.21. The second-order valence-corrected chi connectivity index (χ2v) is 5.84. The van der Waals surface area contributed by atoms with Crippen LogP contribution in [0.25, 0.3) is 0 Å². The van der Waals surface area contributed by atoms with E-state index in [-0.39, 0.29) is 23.3 Å². The van der Waals surface area contributed by atoms with Gasteiger partial charge in [-0.2, -0.15) is 13.2 Å². The molecule has 0 saturated heterocycles. The van der Waals surface area contributed by atoms with Crippen molar-refractivity contribution < 1.29 is 18.0 Å². The molecule has 0 bridgehead atoms. The van der Waals surface area contributed by atoms with E-state index in [0.717, 1.165) is 11.6 Å². The molecule has 0 N–H and O–H groups in total. The van der Waals surface area contributed by atoms with Gasteiger partial charge in [0.1, 0.15) is 0 Å². The highest BCUT2D eigenvalue weighted by atomic mass is 19.4. The number of likely N-dealkylation sites (N-methyl/N-ethyl adjacent to an activating group) is 1. The molecule has 5 heteroatoms. The molecule has 2 nitrogen and oxygen atoms in total. The van der Waals surface area contributed by atoms with Gasteiger partial charge in [-0.05, 0) is 37.8 Å². The van der Waals surface area contributed by atoms with Gasteiger partial charge in [-0.3, -0.25) is 4.79 Å². The van der Waals surface area contributed by atoms with Crippen molar-refractivity contribution in [3.63, 3.8) is 0 Å². The maximum Gasteiger partial charge on any atom is 0.416 e. The highest BCUT2D eigenvalue weighted by molar-refractivity contribution is 5.83. The minimum absolute atomic E-state index is 0.0764. The molecule has 2 atom stereocenters. The predicted octanol–water partition coefficient (Wildman–Crippen LogP) is 4.23. The van der Waals surface area contributed by atoms with Gasteiger partial charge in [0.05, 0.1) is 5.56 Å². The molecule has 1 aromatic carbocycles. The molecule has 1 saturated carbocycles. The van der Waals surface area contributed by atoms with E-state index in [0.29, 0.717) is 19.5 Å². The lowest BCUT2D eigenvalue weighted by atomic mass is 10.0. The Balaban J connectivity index is 2.16. The largest absolute Gasteiger partial charge is 0.416 e. The molecule has 2 rings (SSSR count). The molecule has 1 amide bonds. The molecule has 1 aliphatic carbocycles. The topological polar surface area (TPSA) is 20.3 Å². The number of rotatable bonds is 5. The van der Waals surface area contributed by atoms with Crippen molar-refractivity contribution in [3.05, 3.63) is 47.5 Å². The van der Waals surface area contributed by atoms with Crippen LogP contribution in [-0.2, 0) is 11.0 Å². The summed E-state index contributed by atoms with van der Waals surface area (Å²) in [6.07, 6.45) is -3.90. The fourth-order valence-corrected chi connectivity index (χ4v) is 2.80. The normalized spacial score (nSPS) is 20.6. The lowest BCUT2D eigenvalue weighted by molar-refractivity contribution is -0.138. The first kappa shape index (κ1) is 16.6. The monoisotopic (exact) mass is 311 g/mol. The van der Waals surface area contributed by atoms with E-state index in [1.807, 2.05) is 13.8 Å². The molecule has 0 heterocycles. The van der Waals surface area contributed by atoms with Gasteiger partial charge >= 0.3 is 6.18 Å². The fourth-order valence-electron chi connectivity index (χ4n) is 2.80. The van der Waals surface area contributed by atoms with Crippen molar-refractivity contribution in [2.75, 3.05) is 13.1 Å². The van der Waals surface area contributed by atoms with Gasteiger partial charge in [-0.25, -0.2) is 0 Å². The van der Waals surface area contributed by atoms with Gasteiger partial charge in [-0.15, -0.1) is 0 Å². The third-order valence-corrected chi connectivity index (χ3v) is 3.93. The van der Waals surface area contributed by atoms with E-state index >= 15 is 0 Å². The number of alkyl halides is 3. The summed E-state index contributed by atoms with van der Waals surface area (Å²) in [5.74, 6) is -0.750. The second kappa shape index (κ2) is 6.15. The summed E-state index contributed by atoms with van der Waals surface area (Å²) in [5.41, 5.74) is 0.473.